The van der Waals surface area contributed by atoms with Crippen LogP contribution in [-0.2, 0) is 0 Å². The molecule has 1 atom stereocenters. The van der Waals surface area contributed by atoms with Crippen LogP contribution in [-0.4, -0.2) is 9.55 Å². The molecule has 2 heteroatoms. The molecule has 0 saturated carbocycles. The molecule has 12 heavy (non-hydrogen) atoms. The zero-order valence-corrected chi connectivity index (χ0v) is 8.41. The minimum absolute atomic E-state index is 0.315. The summed E-state index contributed by atoms with van der Waals surface area (Å²) in [7, 11) is 0. The summed E-state index contributed by atoms with van der Waals surface area (Å²) in [6.45, 7) is 9.01. The zero-order chi connectivity index (χ0) is 9.19. The Morgan fingerprint density at radius 1 is 1.42 bits per heavy atom. The van der Waals surface area contributed by atoms with Crippen LogP contribution < -0.4 is 0 Å². The van der Waals surface area contributed by atoms with Crippen molar-refractivity contribution in [2.75, 3.05) is 0 Å². The Bertz CT molecular complexity index is 218. The van der Waals surface area contributed by atoms with Crippen molar-refractivity contribution in [1.29, 1.82) is 0 Å². The molecule has 68 valence electrons. The second-order valence-corrected chi connectivity index (χ2v) is 4.30. The highest BCUT2D eigenvalue weighted by Gasteiger charge is 2.23. The average Bonchev–Trinajstić information content (AvgIpc) is 2.38. The van der Waals surface area contributed by atoms with Gasteiger partial charge in [0.05, 0.1) is 6.33 Å². The number of aromatic nitrogens is 2. The first-order chi connectivity index (χ1) is 5.55. The third-order valence-corrected chi connectivity index (χ3v) is 2.27. The van der Waals surface area contributed by atoms with E-state index in [1.54, 1.807) is 0 Å². The van der Waals surface area contributed by atoms with Crippen LogP contribution in [0.5, 0.6) is 0 Å². The molecule has 0 radical (unpaired) electrons. The monoisotopic (exact) mass is 166 g/mol. The van der Waals surface area contributed by atoms with E-state index in [1.165, 1.54) is 0 Å². The Labute approximate surface area is 74.6 Å². The van der Waals surface area contributed by atoms with E-state index < -0.39 is 0 Å². The van der Waals surface area contributed by atoms with Crippen molar-refractivity contribution in [3.63, 3.8) is 0 Å². The number of hydrogen-bond acceptors (Lipinski definition) is 1. The predicted octanol–water partition coefficient (Wildman–Crippen LogP) is 2.88. The topological polar surface area (TPSA) is 17.8 Å². The molecule has 0 fully saturated rings. The normalized spacial score (nSPS) is 14.7. The van der Waals surface area contributed by atoms with Gasteiger partial charge >= 0.3 is 0 Å². The summed E-state index contributed by atoms with van der Waals surface area (Å²) in [5.41, 5.74) is 0.315. The Morgan fingerprint density at radius 2 is 2.08 bits per heavy atom. The van der Waals surface area contributed by atoms with Crippen LogP contribution in [0, 0.1) is 5.41 Å². The van der Waals surface area contributed by atoms with E-state index in [4.69, 9.17) is 0 Å². The van der Waals surface area contributed by atoms with E-state index in [1.807, 2.05) is 18.7 Å². The molecule has 0 aliphatic rings. The summed E-state index contributed by atoms with van der Waals surface area (Å²) in [6, 6.07) is 0.556. The molecular weight excluding hydrogens is 148 g/mol. The first kappa shape index (κ1) is 9.30. The maximum atomic E-state index is 4.07. The van der Waals surface area contributed by atoms with Gasteiger partial charge in [-0.05, 0) is 11.8 Å². The van der Waals surface area contributed by atoms with Crippen LogP contribution in [0.1, 0.15) is 40.2 Å². The van der Waals surface area contributed by atoms with Gasteiger partial charge in [-0.25, -0.2) is 4.98 Å². The third kappa shape index (κ3) is 1.87. The number of nitrogens with zero attached hydrogens (tertiary/aromatic N) is 2. The summed E-state index contributed by atoms with van der Waals surface area (Å²) in [5, 5.41) is 0. The molecule has 1 aromatic rings. The Kier molecular flexibility index (Phi) is 2.55. The van der Waals surface area contributed by atoms with E-state index in [9.17, 15) is 0 Å². The molecule has 0 aliphatic heterocycles. The first-order valence-corrected chi connectivity index (χ1v) is 4.53. The van der Waals surface area contributed by atoms with E-state index in [-0.39, 0.29) is 0 Å². The second-order valence-electron chi connectivity index (χ2n) is 4.30. The van der Waals surface area contributed by atoms with Crippen molar-refractivity contribution < 1.29 is 0 Å². The molecule has 0 aliphatic carbocycles. The molecule has 1 heterocycles. The minimum Gasteiger partial charge on any atom is -0.334 e. The SMILES string of the molecule is CCC(n1ccnc1)C(C)(C)C. The maximum Gasteiger partial charge on any atom is 0.0948 e. The molecule has 1 unspecified atom stereocenters. The molecule has 1 rings (SSSR count). The van der Waals surface area contributed by atoms with Gasteiger partial charge in [0, 0.05) is 18.4 Å². The van der Waals surface area contributed by atoms with Crippen molar-refractivity contribution in [3.05, 3.63) is 18.7 Å². The summed E-state index contributed by atoms with van der Waals surface area (Å²) in [4.78, 5) is 4.07. The highest BCUT2D eigenvalue weighted by molar-refractivity contribution is 4.85. The molecule has 0 amide bonds. The van der Waals surface area contributed by atoms with Crippen molar-refractivity contribution in [2.24, 2.45) is 5.41 Å². The van der Waals surface area contributed by atoms with Crippen molar-refractivity contribution in [2.45, 2.75) is 40.2 Å². The molecule has 0 saturated heterocycles. The Morgan fingerprint density at radius 3 is 2.42 bits per heavy atom. The van der Waals surface area contributed by atoms with Crippen molar-refractivity contribution in [1.82, 2.24) is 9.55 Å². The van der Waals surface area contributed by atoms with Crippen LogP contribution >= 0.6 is 0 Å². The van der Waals surface area contributed by atoms with Crippen LogP contribution in [0.4, 0.5) is 0 Å². The smallest absolute Gasteiger partial charge is 0.0948 e. The zero-order valence-electron chi connectivity index (χ0n) is 8.41. The van der Waals surface area contributed by atoms with Crippen LogP contribution in [0.3, 0.4) is 0 Å². The standard InChI is InChI=1S/C10H18N2/c1-5-9(10(2,3)4)12-7-6-11-8-12/h6-9H,5H2,1-4H3. The molecule has 0 aromatic carbocycles. The fraction of sp³-hybridized carbons (Fsp3) is 0.700. The molecule has 0 N–H and O–H groups in total. The minimum atomic E-state index is 0.315. The Balaban J connectivity index is 2.84. The van der Waals surface area contributed by atoms with Gasteiger partial charge in [-0.15, -0.1) is 0 Å². The van der Waals surface area contributed by atoms with Gasteiger partial charge in [0.2, 0.25) is 0 Å². The second kappa shape index (κ2) is 3.30. The van der Waals surface area contributed by atoms with Crippen molar-refractivity contribution in [3.8, 4) is 0 Å². The van der Waals surface area contributed by atoms with Crippen LogP contribution in [0.2, 0.25) is 0 Å². The van der Waals surface area contributed by atoms with Crippen LogP contribution in [0.15, 0.2) is 18.7 Å². The van der Waals surface area contributed by atoms with Gasteiger partial charge in [0.15, 0.2) is 0 Å². The predicted molar refractivity (Wildman–Crippen MR) is 51.0 cm³/mol. The highest BCUT2D eigenvalue weighted by Crippen LogP contribution is 2.32. The molecule has 0 bridgehead atoms. The summed E-state index contributed by atoms with van der Waals surface area (Å²) in [6.07, 6.45) is 6.94. The van der Waals surface area contributed by atoms with E-state index in [0.29, 0.717) is 11.5 Å². The maximum absolute atomic E-state index is 4.07. The van der Waals surface area contributed by atoms with Gasteiger partial charge in [-0.2, -0.15) is 0 Å². The molecule has 0 spiro atoms. The molecule has 1 aromatic heterocycles. The Hall–Kier alpha value is -0.790. The summed E-state index contributed by atoms with van der Waals surface area (Å²) < 4.78 is 2.19. The quantitative estimate of drug-likeness (QED) is 0.660. The van der Waals surface area contributed by atoms with Gasteiger partial charge in [-0.1, -0.05) is 27.7 Å². The average molecular weight is 166 g/mol. The van der Waals surface area contributed by atoms with Crippen LogP contribution in [0.25, 0.3) is 0 Å². The lowest BCUT2D eigenvalue weighted by Crippen LogP contribution is -2.22. The molecular formula is C10H18N2. The number of hydrogen-bond donors (Lipinski definition) is 0. The molecule has 2 nitrogen and oxygen atoms in total. The van der Waals surface area contributed by atoms with Gasteiger partial charge in [0.1, 0.15) is 0 Å². The van der Waals surface area contributed by atoms with E-state index in [2.05, 4.69) is 37.2 Å². The lowest BCUT2D eigenvalue weighted by atomic mass is 9.85. The largest absolute Gasteiger partial charge is 0.334 e. The first-order valence-electron chi connectivity index (χ1n) is 4.53. The third-order valence-electron chi connectivity index (χ3n) is 2.27. The van der Waals surface area contributed by atoms with Gasteiger partial charge < -0.3 is 4.57 Å². The number of imidazole rings is 1. The lowest BCUT2D eigenvalue weighted by molar-refractivity contribution is 0.235. The highest BCUT2D eigenvalue weighted by atomic mass is 15.1. The van der Waals surface area contributed by atoms with Gasteiger partial charge in [0.25, 0.3) is 0 Å². The van der Waals surface area contributed by atoms with Gasteiger partial charge in [-0.3, -0.25) is 0 Å². The lowest BCUT2D eigenvalue weighted by Gasteiger charge is -2.30. The fourth-order valence-electron chi connectivity index (χ4n) is 1.72. The fourth-order valence-corrected chi connectivity index (χ4v) is 1.72. The van der Waals surface area contributed by atoms with E-state index >= 15 is 0 Å². The van der Waals surface area contributed by atoms with E-state index in [0.717, 1.165) is 6.42 Å². The van der Waals surface area contributed by atoms with Crippen molar-refractivity contribution >= 4 is 0 Å². The number of rotatable bonds is 2. The summed E-state index contributed by atoms with van der Waals surface area (Å²) in [5.74, 6) is 0. The summed E-state index contributed by atoms with van der Waals surface area (Å²) >= 11 is 0.